The van der Waals surface area contributed by atoms with Crippen LogP contribution in [0.25, 0.3) is 0 Å². The Kier molecular flexibility index (Phi) is 4.15. The number of hydrogen-bond donors (Lipinski definition) is 0. The molecular weight excluding hydrogens is 330 g/mol. The summed E-state index contributed by atoms with van der Waals surface area (Å²) in [4.78, 5) is 17.8. The Bertz CT molecular complexity index is 682. The summed E-state index contributed by atoms with van der Waals surface area (Å²) in [6, 6.07) is 17.5. The molecule has 1 heterocycles. The van der Waals surface area contributed by atoms with Gasteiger partial charge in [-0.3, -0.25) is 4.79 Å². The van der Waals surface area contributed by atoms with Gasteiger partial charge in [-0.05, 0) is 17.7 Å². The number of halogens is 1. The first-order chi connectivity index (χ1) is 10.2. The second-order valence-corrected chi connectivity index (χ2v) is 5.82. The highest BCUT2D eigenvalue weighted by molar-refractivity contribution is 9.10. The van der Waals surface area contributed by atoms with E-state index in [-0.39, 0.29) is 11.9 Å². The summed E-state index contributed by atoms with van der Waals surface area (Å²) in [5.74, 6) is -0.0713. The van der Waals surface area contributed by atoms with Gasteiger partial charge in [-0.15, -0.1) is 0 Å². The number of nitrogens with zero attached hydrogens (tertiary/aromatic N) is 1. The van der Waals surface area contributed by atoms with Crippen molar-refractivity contribution < 1.29 is 9.63 Å². The van der Waals surface area contributed by atoms with Gasteiger partial charge in [-0.25, -0.2) is 0 Å². The van der Waals surface area contributed by atoms with E-state index in [1.807, 2.05) is 36.4 Å². The van der Waals surface area contributed by atoms with Gasteiger partial charge in [0.1, 0.15) is 11.8 Å². The van der Waals surface area contributed by atoms with E-state index in [2.05, 4.69) is 33.2 Å². The summed E-state index contributed by atoms with van der Waals surface area (Å²) in [6.07, 6.45) is 1.25. The second kappa shape index (κ2) is 6.22. The summed E-state index contributed by atoms with van der Waals surface area (Å²) in [7, 11) is 0. The average molecular weight is 344 g/mol. The monoisotopic (exact) mass is 343 g/mol. The van der Waals surface area contributed by atoms with Crippen LogP contribution in [0.4, 0.5) is 0 Å². The Morgan fingerprint density at radius 3 is 2.62 bits per heavy atom. The van der Waals surface area contributed by atoms with Gasteiger partial charge in [0.05, 0.1) is 0 Å². The van der Waals surface area contributed by atoms with Gasteiger partial charge < -0.3 is 4.84 Å². The molecule has 4 heteroatoms. The molecule has 0 saturated carbocycles. The van der Waals surface area contributed by atoms with E-state index < -0.39 is 0 Å². The molecule has 0 fully saturated rings. The van der Waals surface area contributed by atoms with Gasteiger partial charge in [-0.1, -0.05) is 63.6 Å². The maximum Gasteiger partial charge on any atom is 0.211 e. The van der Waals surface area contributed by atoms with Crippen LogP contribution in [0.5, 0.6) is 0 Å². The number of hydrogen-bond acceptors (Lipinski definition) is 3. The smallest absolute Gasteiger partial charge is 0.211 e. The van der Waals surface area contributed by atoms with E-state index in [1.54, 1.807) is 6.07 Å². The van der Waals surface area contributed by atoms with Gasteiger partial charge in [-0.2, -0.15) is 0 Å². The number of carbonyl (C=O) groups excluding carboxylic acids is 1. The van der Waals surface area contributed by atoms with Crippen molar-refractivity contribution in [3.8, 4) is 0 Å². The maximum absolute atomic E-state index is 12.4. The van der Waals surface area contributed by atoms with Gasteiger partial charge in [0.2, 0.25) is 5.78 Å². The normalized spacial score (nSPS) is 17.2. The van der Waals surface area contributed by atoms with Crippen molar-refractivity contribution in [1.29, 1.82) is 0 Å². The van der Waals surface area contributed by atoms with Gasteiger partial charge in [0.25, 0.3) is 0 Å². The number of ketones is 1. The van der Waals surface area contributed by atoms with Crippen LogP contribution in [0.1, 0.15) is 22.3 Å². The first-order valence-corrected chi connectivity index (χ1v) is 7.59. The molecule has 1 aliphatic heterocycles. The molecule has 2 aromatic carbocycles. The Hall–Kier alpha value is -1.94. The van der Waals surface area contributed by atoms with Crippen molar-refractivity contribution in [2.75, 3.05) is 0 Å². The van der Waals surface area contributed by atoms with Gasteiger partial charge in [0.15, 0.2) is 0 Å². The molecule has 1 unspecified atom stereocenters. The number of benzene rings is 2. The number of Topliss-reactive ketones (excluding diaryl/α,β-unsaturated/α-hetero) is 1. The highest BCUT2D eigenvalue weighted by atomic mass is 79.9. The molecule has 2 aromatic rings. The third-order valence-electron chi connectivity index (χ3n) is 3.42. The van der Waals surface area contributed by atoms with Crippen LogP contribution in [0, 0.1) is 0 Å². The topological polar surface area (TPSA) is 38.7 Å². The first kappa shape index (κ1) is 14.0. The zero-order valence-corrected chi connectivity index (χ0v) is 12.9. The lowest BCUT2D eigenvalue weighted by Gasteiger charge is -2.07. The molecule has 0 spiro atoms. The SMILES string of the molecule is O=C(C1=NOC(Cc2ccccc2)C1)c1ccccc1Br. The molecule has 0 N–H and O–H groups in total. The van der Waals surface area contributed by atoms with Crippen LogP contribution >= 0.6 is 15.9 Å². The maximum atomic E-state index is 12.4. The number of carbonyl (C=O) groups is 1. The molecule has 1 atom stereocenters. The molecule has 0 bridgehead atoms. The van der Waals surface area contributed by atoms with Gasteiger partial charge >= 0.3 is 0 Å². The summed E-state index contributed by atoms with van der Waals surface area (Å²) < 4.78 is 0.782. The third kappa shape index (κ3) is 3.22. The fraction of sp³-hybridized carbons (Fsp3) is 0.176. The largest absolute Gasteiger partial charge is 0.391 e. The van der Waals surface area contributed by atoms with Crippen molar-refractivity contribution in [3.63, 3.8) is 0 Å². The lowest BCUT2D eigenvalue weighted by molar-refractivity contribution is 0.0858. The van der Waals surface area contributed by atoms with E-state index in [9.17, 15) is 4.79 Å². The summed E-state index contributed by atoms with van der Waals surface area (Å²) in [6.45, 7) is 0. The standard InChI is InChI=1S/C17H14BrNO2/c18-15-9-5-4-8-14(15)17(20)16-11-13(21-19-16)10-12-6-2-1-3-7-12/h1-9,13H,10-11H2. The molecular formula is C17H14BrNO2. The van der Waals surface area contributed by atoms with Crippen molar-refractivity contribution in [3.05, 3.63) is 70.2 Å². The molecule has 0 aliphatic carbocycles. The Morgan fingerprint density at radius 2 is 1.86 bits per heavy atom. The fourth-order valence-corrected chi connectivity index (χ4v) is 2.81. The molecule has 0 aromatic heterocycles. The number of rotatable bonds is 4. The molecule has 0 radical (unpaired) electrons. The highest BCUT2D eigenvalue weighted by Gasteiger charge is 2.27. The molecule has 21 heavy (non-hydrogen) atoms. The Balaban J connectivity index is 1.67. The lowest BCUT2D eigenvalue weighted by atomic mass is 9.99. The first-order valence-electron chi connectivity index (χ1n) is 6.80. The Morgan fingerprint density at radius 1 is 1.14 bits per heavy atom. The molecule has 3 rings (SSSR count). The van der Waals surface area contributed by atoms with E-state index in [1.165, 1.54) is 5.56 Å². The summed E-state index contributed by atoms with van der Waals surface area (Å²) >= 11 is 3.40. The van der Waals surface area contributed by atoms with Crippen LogP contribution in [-0.4, -0.2) is 17.6 Å². The van der Waals surface area contributed by atoms with Crippen molar-refractivity contribution >= 4 is 27.4 Å². The highest BCUT2D eigenvalue weighted by Crippen LogP contribution is 2.22. The van der Waals surface area contributed by atoms with E-state index >= 15 is 0 Å². The average Bonchev–Trinajstić information content (AvgIpc) is 2.97. The van der Waals surface area contributed by atoms with Crippen LogP contribution in [0.3, 0.4) is 0 Å². The van der Waals surface area contributed by atoms with Crippen LogP contribution in [0.15, 0.2) is 64.2 Å². The molecule has 3 nitrogen and oxygen atoms in total. The zero-order valence-electron chi connectivity index (χ0n) is 11.3. The summed E-state index contributed by atoms with van der Waals surface area (Å²) in [5, 5.41) is 3.98. The Labute approximate surface area is 131 Å². The van der Waals surface area contributed by atoms with Crippen molar-refractivity contribution in [2.24, 2.45) is 5.16 Å². The minimum Gasteiger partial charge on any atom is -0.391 e. The molecule has 0 amide bonds. The summed E-state index contributed by atoms with van der Waals surface area (Å²) in [5.41, 5.74) is 2.30. The molecule has 0 saturated heterocycles. The second-order valence-electron chi connectivity index (χ2n) is 4.97. The van der Waals surface area contributed by atoms with E-state index in [4.69, 9.17) is 4.84 Å². The minimum atomic E-state index is -0.0713. The minimum absolute atomic E-state index is 0.0613. The fourth-order valence-electron chi connectivity index (χ4n) is 2.35. The van der Waals surface area contributed by atoms with E-state index in [0.29, 0.717) is 17.7 Å². The van der Waals surface area contributed by atoms with Crippen LogP contribution in [-0.2, 0) is 11.3 Å². The van der Waals surface area contributed by atoms with Crippen LogP contribution in [0.2, 0.25) is 0 Å². The number of oxime groups is 1. The van der Waals surface area contributed by atoms with E-state index in [0.717, 1.165) is 10.9 Å². The van der Waals surface area contributed by atoms with Crippen molar-refractivity contribution in [1.82, 2.24) is 0 Å². The molecule has 1 aliphatic rings. The van der Waals surface area contributed by atoms with Gasteiger partial charge in [0, 0.05) is 22.9 Å². The van der Waals surface area contributed by atoms with Crippen molar-refractivity contribution in [2.45, 2.75) is 18.9 Å². The zero-order chi connectivity index (χ0) is 14.7. The third-order valence-corrected chi connectivity index (χ3v) is 4.11. The lowest BCUT2D eigenvalue weighted by Crippen LogP contribution is -2.17. The predicted octanol–water partition coefficient (Wildman–Crippen LogP) is 4.02. The molecule has 106 valence electrons. The van der Waals surface area contributed by atoms with Crippen LogP contribution < -0.4 is 0 Å². The predicted molar refractivity (Wildman–Crippen MR) is 85.5 cm³/mol. The quantitative estimate of drug-likeness (QED) is 0.786.